The maximum Gasteiger partial charge on any atom is 0.134 e. The van der Waals surface area contributed by atoms with E-state index in [9.17, 15) is 8.78 Å². The van der Waals surface area contributed by atoms with Gasteiger partial charge in [-0.2, -0.15) is 5.26 Å². The van der Waals surface area contributed by atoms with E-state index in [4.69, 9.17) is 10.00 Å². The van der Waals surface area contributed by atoms with Gasteiger partial charge in [0.15, 0.2) is 0 Å². The minimum Gasteiger partial charge on any atom is -0.497 e. The molecule has 0 aliphatic heterocycles. The number of halogens is 2. The van der Waals surface area contributed by atoms with E-state index >= 15 is 0 Å². The molecule has 0 saturated heterocycles. The summed E-state index contributed by atoms with van der Waals surface area (Å²) in [6.07, 6.45) is 0. The highest BCUT2D eigenvalue weighted by atomic mass is 19.1. The number of rotatable bonds is 2. The fourth-order valence-electron chi connectivity index (χ4n) is 1.65. The van der Waals surface area contributed by atoms with Crippen molar-refractivity contribution in [2.24, 2.45) is 5.41 Å². The lowest BCUT2D eigenvalue weighted by Gasteiger charge is -2.25. The Morgan fingerprint density at radius 1 is 1.24 bits per heavy atom. The Balaban J connectivity index is 3.37. The number of nitriles is 1. The molecule has 92 valence electrons. The topological polar surface area (TPSA) is 33.0 Å². The smallest absolute Gasteiger partial charge is 0.134 e. The van der Waals surface area contributed by atoms with E-state index < -0.39 is 23.0 Å². The van der Waals surface area contributed by atoms with Gasteiger partial charge in [-0.25, -0.2) is 8.78 Å². The molecular formula is C13H15F2NO. The highest BCUT2D eigenvalue weighted by Gasteiger charge is 2.31. The highest BCUT2D eigenvalue weighted by molar-refractivity contribution is 5.36. The van der Waals surface area contributed by atoms with Gasteiger partial charge in [-0.1, -0.05) is 20.8 Å². The first-order valence-electron chi connectivity index (χ1n) is 5.23. The van der Waals surface area contributed by atoms with Gasteiger partial charge in [0.05, 0.1) is 19.1 Å². The molecule has 0 heterocycles. The Hall–Kier alpha value is -1.63. The van der Waals surface area contributed by atoms with Crippen LogP contribution in [0.1, 0.15) is 32.3 Å². The van der Waals surface area contributed by atoms with Gasteiger partial charge in [0.25, 0.3) is 0 Å². The third kappa shape index (κ3) is 2.73. The Bertz CT molecular complexity index is 434. The summed E-state index contributed by atoms with van der Waals surface area (Å²) in [6, 6.07) is 4.14. The SMILES string of the molecule is COc1cc(F)c(C(C#N)C(C)(C)C)c(F)c1. The first-order chi connectivity index (χ1) is 7.81. The second-order valence-electron chi connectivity index (χ2n) is 4.93. The van der Waals surface area contributed by atoms with E-state index in [-0.39, 0.29) is 11.3 Å². The summed E-state index contributed by atoms with van der Waals surface area (Å²) in [5.74, 6) is -2.23. The lowest BCUT2D eigenvalue weighted by atomic mass is 9.77. The maximum absolute atomic E-state index is 13.8. The summed E-state index contributed by atoms with van der Waals surface area (Å²) in [7, 11) is 1.33. The van der Waals surface area contributed by atoms with Crippen molar-refractivity contribution in [3.05, 3.63) is 29.3 Å². The minimum atomic E-state index is -0.839. The van der Waals surface area contributed by atoms with Crippen molar-refractivity contribution in [3.63, 3.8) is 0 Å². The summed E-state index contributed by atoms with van der Waals surface area (Å²) in [6.45, 7) is 5.30. The molecule has 0 N–H and O–H groups in total. The average Bonchev–Trinajstić information content (AvgIpc) is 2.20. The Morgan fingerprint density at radius 3 is 2.00 bits per heavy atom. The minimum absolute atomic E-state index is 0.106. The van der Waals surface area contributed by atoms with E-state index in [0.29, 0.717) is 0 Å². The van der Waals surface area contributed by atoms with Crippen LogP contribution in [-0.2, 0) is 0 Å². The fraction of sp³-hybridized carbons (Fsp3) is 0.462. The van der Waals surface area contributed by atoms with Crippen LogP contribution in [-0.4, -0.2) is 7.11 Å². The summed E-state index contributed by atoms with van der Waals surface area (Å²) in [5, 5.41) is 9.08. The highest BCUT2D eigenvalue weighted by Crippen LogP contribution is 2.38. The van der Waals surface area contributed by atoms with E-state index in [0.717, 1.165) is 12.1 Å². The van der Waals surface area contributed by atoms with Gasteiger partial charge in [-0.3, -0.25) is 0 Å². The van der Waals surface area contributed by atoms with Gasteiger partial charge in [0, 0.05) is 17.7 Å². The molecule has 1 unspecified atom stereocenters. The van der Waals surface area contributed by atoms with Gasteiger partial charge >= 0.3 is 0 Å². The van der Waals surface area contributed by atoms with Crippen molar-refractivity contribution in [1.29, 1.82) is 5.26 Å². The predicted octanol–water partition coefficient (Wildman–Crippen LogP) is 3.63. The molecule has 2 nitrogen and oxygen atoms in total. The standard InChI is InChI=1S/C13H15F2NO/c1-13(2,3)9(7-16)12-10(14)5-8(17-4)6-11(12)15/h5-6,9H,1-4H3. The number of methoxy groups -OCH3 is 1. The lowest BCUT2D eigenvalue weighted by molar-refractivity contribution is 0.350. The molecule has 1 aromatic carbocycles. The van der Waals surface area contributed by atoms with Crippen molar-refractivity contribution in [3.8, 4) is 11.8 Å². The van der Waals surface area contributed by atoms with Gasteiger partial charge in [-0.15, -0.1) is 0 Å². The quantitative estimate of drug-likeness (QED) is 0.789. The summed E-state index contributed by atoms with van der Waals surface area (Å²) in [5.41, 5.74) is -0.730. The van der Waals surface area contributed by atoms with Crippen molar-refractivity contribution in [1.82, 2.24) is 0 Å². The molecule has 0 spiro atoms. The number of ether oxygens (including phenoxy) is 1. The molecule has 0 aromatic heterocycles. The largest absolute Gasteiger partial charge is 0.497 e. The molecule has 1 atom stereocenters. The van der Waals surface area contributed by atoms with Crippen LogP contribution in [0.25, 0.3) is 0 Å². The van der Waals surface area contributed by atoms with Crippen LogP contribution in [0.2, 0.25) is 0 Å². The molecule has 0 amide bonds. The zero-order valence-electron chi connectivity index (χ0n) is 10.3. The fourth-order valence-corrected chi connectivity index (χ4v) is 1.65. The van der Waals surface area contributed by atoms with Gasteiger partial charge in [0.1, 0.15) is 17.4 Å². The maximum atomic E-state index is 13.8. The molecule has 1 rings (SSSR count). The Kier molecular flexibility index (Phi) is 3.72. The molecule has 0 fully saturated rings. The molecule has 17 heavy (non-hydrogen) atoms. The monoisotopic (exact) mass is 239 g/mol. The van der Waals surface area contributed by atoms with Crippen molar-refractivity contribution in [2.45, 2.75) is 26.7 Å². The van der Waals surface area contributed by atoms with E-state index in [1.807, 2.05) is 6.07 Å². The van der Waals surface area contributed by atoms with Crippen LogP contribution in [0, 0.1) is 28.4 Å². The second kappa shape index (κ2) is 4.70. The predicted molar refractivity (Wildman–Crippen MR) is 60.7 cm³/mol. The molecular weight excluding hydrogens is 224 g/mol. The van der Waals surface area contributed by atoms with E-state index in [2.05, 4.69) is 0 Å². The van der Waals surface area contributed by atoms with Gasteiger partial charge < -0.3 is 4.74 Å². The van der Waals surface area contributed by atoms with Crippen molar-refractivity contribution >= 4 is 0 Å². The van der Waals surface area contributed by atoms with Crippen LogP contribution >= 0.6 is 0 Å². The molecule has 0 aliphatic rings. The Labute approximate surface area is 99.8 Å². The van der Waals surface area contributed by atoms with Crippen molar-refractivity contribution < 1.29 is 13.5 Å². The Morgan fingerprint density at radius 2 is 1.71 bits per heavy atom. The summed E-state index contributed by atoms with van der Waals surface area (Å²) < 4.78 is 32.4. The molecule has 0 saturated carbocycles. The molecule has 0 radical (unpaired) electrons. The third-order valence-electron chi connectivity index (χ3n) is 2.57. The van der Waals surface area contributed by atoms with Crippen LogP contribution in [0.15, 0.2) is 12.1 Å². The summed E-state index contributed by atoms with van der Waals surface area (Å²) >= 11 is 0. The molecule has 0 bridgehead atoms. The normalized spacial score (nSPS) is 13.0. The summed E-state index contributed by atoms with van der Waals surface area (Å²) in [4.78, 5) is 0. The molecule has 4 heteroatoms. The van der Waals surface area contributed by atoms with Crippen LogP contribution in [0.4, 0.5) is 8.78 Å². The zero-order chi connectivity index (χ0) is 13.2. The van der Waals surface area contributed by atoms with E-state index in [1.165, 1.54) is 7.11 Å². The van der Waals surface area contributed by atoms with E-state index in [1.54, 1.807) is 20.8 Å². The van der Waals surface area contributed by atoms with Crippen molar-refractivity contribution in [2.75, 3.05) is 7.11 Å². The van der Waals surface area contributed by atoms with Crippen LogP contribution < -0.4 is 4.74 Å². The first kappa shape index (κ1) is 13.4. The lowest BCUT2D eigenvalue weighted by Crippen LogP contribution is -2.19. The second-order valence-corrected chi connectivity index (χ2v) is 4.93. The first-order valence-corrected chi connectivity index (χ1v) is 5.23. The van der Waals surface area contributed by atoms with Crippen LogP contribution in [0.3, 0.4) is 0 Å². The number of hydrogen-bond donors (Lipinski definition) is 0. The number of nitrogens with zero attached hydrogens (tertiary/aromatic N) is 1. The van der Waals surface area contributed by atoms with Gasteiger partial charge in [-0.05, 0) is 5.41 Å². The van der Waals surface area contributed by atoms with Crippen LogP contribution in [0.5, 0.6) is 5.75 Å². The molecule has 1 aromatic rings. The number of hydrogen-bond acceptors (Lipinski definition) is 2. The number of benzene rings is 1. The zero-order valence-corrected chi connectivity index (χ0v) is 10.3. The molecule has 0 aliphatic carbocycles. The average molecular weight is 239 g/mol. The van der Waals surface area contributed by atoms with Gasteiger partial charge in [0.2, 0.25) is 0 Å². The third-order valence-corrected chi connectivity index (χ3v) is 2.57.